The van der Waals surface area contributed by atoms with Crippen LogP contribution in [0, 0.1) is 6.92 Å². The first-order valence-electron chi connectivity index (χ1n) is 9.25. The molecule has 1 N–H and O–H groups in total. The van der Waals surface area contributed by atoms with Crippen molar-refractivity contribution < 1.29 is 9.59 Å². The molecule has 0 spiro atoms. The Balaban J connectivity index is 1.74. The minimum absolute atomic E-state index is 0.163. The maximum absolute atomic E-state index is 12.9. The van der Waals surface area contributed by atoms with E-state index in [-0.39, 0.29) is 17.5 Å². The van der Waals surface area contributed by atoms with Crippen molar-refractivity contribution in [3.63, 3.8) is 0 Å². The van der Waals surface area contributed by atoms with Crippen LogP contribution in [0.4, 0.5) is 5.69 Å². The molecule has 142 valence electrons. The first kappa shape index (κ1) is 19.3. The Kier molecular flexibility index (Phi) is 6.17. The zero-order chi connectivity index (χ0) is 19.9. The lowest BCUT2D eigenvalue weighted by molar-refractivity contribution is 0.0946. The van der Waals surface area contributed by atoms with E-state index in [1.165, 1.54) is 6.20 Å². The van der Waals surface area contributed by atoms with E-state index in [0.717, 1.165) is 16.8 Å². The zero-order valence-electron chi connectivity index (χ0n) is 16.1. The van der Waals surface area contributed by atoms with Crippen molar-refractivity contribution in [1.29, 1.82) is 0 Å². The summed E-state index contributed by atoms with van der Waals surface area (Å²) < 4.78 is 0. The molecule has 2 aromatic carbocycles. The Bertz CT molecular complexity index is 970. The fourth-order valence-corrected chi connectivity index (χ4v) is 2.99. The number of benzene rings is 2. The number of carbonyl (C=O) groups excluding carboxylic acids is 2. The largest absolute Gasteiger partial charge is 0.347 e. The van der Waals surface area contributed by atoms with Crippen molar-refractivity contribution >= 4 is 17.5 Å². The van der Waals surface area contributed by atoms with Crippen LogP contribution in [-0.4, -0.2) is 23.3 Å². The second-order valence-electron chi connectivity index (χ2n) is 6.49. The lowest BCUT2D eigenvalue weighted by atomic mass is 10.1. The van der Waals surface area contributed by atoms with Gasteiger partial charge in [-0.25, -0.2) is 0 Å². The van der Waals surface area contributed by atoms with Gasteiger partial charge in [-0.3, -0.25) is 14.6 Å². The first-order valence-corrected chi connectivity index (χ1v) is 9.25. The lowest BCUT2D eigenvalue weighted by Crippen LogP contribution is -2.31. The molecule has 28 heavy (non-hydrogen) atoms. The maximum Gasteiger partial charge on any atom is 0.270 e. The zero-order valence-corrected chi connectivity index (χ0v) is 16.1. The SMILES string of the molecule is CCN(C(=O)c1ccnc(C(=O)NCc2cccc(C)c2)c1)c1ccccc1. The quantitative estimate of drug-likeness (QED) is 0.711. The highest BCUT2D eigenvalue weighted by atomic mass is 16.2. The number of nitrogens with one attached hydrogen (secondary N) is 1. The van der Waals surface area contributed by atoms with E-state index in [0.29, 0.717) is 18.7 Å². The summed E-state index contributed by atoms with van der Waals surface area (Å²) in [6.45, 7) is 4.86. The van der Waals surface area contributed by atoms with E-state index in [1.54, 1.807) is 17.0 Å². The van der Waals surface area contributed by atoms with Gasteiger partial charge in [-0.05, 0) is 43.7 Å². The number of anilines is 1. The van der Waals surface area contributed by atoms with Gasteiger partial charge in [0.2, 0.25) is 0 Å². The fourth-order valence-electron chi connectivity index (χ4n) is 2.99. The van der Waals surface area contributed by atoms with Crippen molar-refractivity contribution in [2.75, 3.05) is 11.4 Å². The second kappa shape index (κ2) is 8.95. The van der Waals surface area contributed by atoms with E-state index >= 15 is 0 Å². The van der Waals surface area contributed by atoms with E-state index in [1.807, 2.05) is 68.4 Å². The molecule has 0 saturated carbocycles. The highest BCUT2D eigenvalue weighted by molar-refractivity contribution is 6.07. The van der Waals surface area contributed by atoms with E-state index < -0.39 is 0 Å². The summed E-state index contributed by atoms with van der Waals surface area (Å²) in [4.78, 5) is 31.2. The Morgan fingerprint density at radius 3 is 2.50 bits per heavy atom. The van der Waals surface area contributed by atoms with Crippen molar-refractivity contribution in [1.82, 2.24) is 10.3 Å². The van der Waals surface area contributed by atoms with Crippen LogP contribution in [0.1, 0.15) is 38.9 Å². The summed E-state index contributed by atoms with van der Waals surface area (Å²) in [5, 5.41) is 2.86. The number of amides is 2. The molecule has 0 aliphatic carbocycles. The summed E-state index contributed by atoms with van der Waals surface area (Å²) in [5.74, 6) is -0.470. The van der Waals surface area contributed by atoms with E-state index in [9.17, 15) is 9.59 Å². The molecular weight excluding hydrogens is 350 g/mol. The van der Waals surface area contributed by atoms with Crippen LogP contribution in [0.3, 0.4) is 0 Å². The third-order valence-corrected chi connectivity index (χ3v) is 4.40. The molecule has 5 nitrogen and oxygen atoms in total. The van der Waals surface area contributed by atoms with Gasteiger partial charge >= 0.3 is 0 Å². The van der Waals surface area contributed by atoms with E-state index in [4.69, 9.17) is 0 Å². The first-order chi connectivity index (χ1) is 13.6. The van der Waals surface area contributed by atoms with Crippen molar-refractivity contribution in [2.45, 2.75) is 20.4 Å². The van der Waals surface area contributed by atoms with Crippen LogP contribution in [0.2, 0.25) is 0 Å². The maximum atomic E-state index is 12.9. The average molecular weight is 373 g/mol. The van der Waals surface area contributed by atoms with E-state index in [2.05, 4.69) is 10.3 Å². The molecule has 0 atom stereocenters. The monoisotopic (exact) mass is 373 g/mol. The number of nitrogens with zero attached hydrogens (tertiary/aromatic N) is 2. The van der Waals surface area contributed by atoms with Gasteiger partial charge in [0.1, 0.15) is 5.69 Å². The average Bonchev–Trinajstić information content (AvgIpc) is 2.73. The lowest BCUT2D eigenvalue weighted by Gasteiger charge is -2.21. The molecule has 1 heterocycles. The highest BCUT2D eigenvalue weighted by Crippen LogP contribution is 2.17. The molecule has 3 aromatic rings. The minimum atomic E-state index is -0.307. The molecule has 5 heteroatoms. The van der Waals surface area contributed by atoms with Gasteiger partial charge in [0.15, 0.2) is 0 Å². The topological polar surface area (TPSA) is 62.3 Å². The van der Waals surface area contributed by atoms with Gasteiger partial charge in [-0.2, -0.15) is 0 Å². The standard InChI is InChI=1S/C23H23N3O2/c1-3-26(20-10-5-4-6-11-20)23(28)19-12-13-24-21(15-19)22(27)25-16-18-9-7-8-17(2)14-18/h4-15H,3,16H2,1-2H3,(H,25,27). The van der Waals surface area contributed by atoms with Gasteiger partial charge in [0.05, 0.1) is 0 Å². The Labute approximate surface area is 165 Å². The summed E-state index contributed by atoms with van der Waals surface area (Å²) in [5.41, 5.74) is 3.63. The van der Waals surface area contributed by atoms with Crippen LogP contribution in [0.15, 0.2) is 72.9 Å². The predicted octanol–water partition coefficient (Wildman–Crippen LogP) is 3.99. The molecule has 0 unspecified atom stereocenters. The number of rotatable bonds is 6. The molecule has 0 aliphatic rings. The number of hydrogen-bond acceptors (Lipinski definition) is 3. The Morgan fingerprint density at radius 1 is 1.00 bits per heavy atom. The Morgan fingerprint density at radius 2 is 1.79 bits per heavy atom. The van der Waals surface area contributed by atoms with Gasteiger partial charge in [0.25, 0.3) is 11.8 Å². The molecule has 0 fully saturated rings. The highest BCUT2D eigenvalue weighted by Gasteiger charge is 2.18. The van der Waals surface area contributed by atoms with Crippen molar-refractivity contribution in [2.24, 2.45) is 0 Å². The van der Waals surface area contributed by atoms with Gasteiger partial charge in [-0.15, -0.1) is 0 Å². The number of aromatic nitrogens is 1. The summed E-state index contributed by atoms with van der Waals surface area (Å²) >= 11 is 0. The number of carbonyl (C=O) groups is 2. The van der Waals surface area contributed by atoms with Crippen LogP contribution in [0.5, 0.6) is 0 Å². The molecule has 0 bridgehead atoms. The van der Waals surface area contributed by atoms with Crippen LogP contribution >= 0.6 is 0 Å². The summed E-state index contributed by atoms with van der Waals surface area (Å²) in [7, 11) is 0. The van der Waals surface area contributed by atoms with Crippen molar-refractivity contribution in [3.05, 3.63) is 95.3 Å². The smallest absolute Gasteiger partial charge is 0.270 e. The normalized spacial score (nSPS) is 10.4. The molecular formula is C23H23N3O2. The van der Waals surface area contributed by atoms with Crippen LogP contribution in [0.25, 0.3) is 0 Å². The fraction of sp³-hybridized carbons (Fsp3) is 0.174. The van der Waals surface area contributed by atoms with Gasteiger partial charge in [0, 0.05) is 30.5 Å². The third-order valence-electron chi connectivity index (χ3n) is 4.40. The Hall–Kier alpha value is -3.47. The van der Waals surface area contributed by atoms with Crippen LogP contribution < -0.4 is 10.2 Å². The number of aryl methyl sites for hydroxylation is 1. The van der Waals surface area contributed by atoms with Crippen LogP contribution in [-0.2, 0) is 6.54 Å². The number of pyridine rings is 1. The van der Waals surface area contributed by atoms with Gasteiger partial charge in [-0.1, -0.05) is 48.0 Å². The molecule has 0 saturated heterocycles. The molecule has 0 aliphatic heterocycles. The van der Waals surface area contributed by atoms with Crippen molar-refractivity contribution in [3.8, 4) is 0 Å². The molecule has 3 rings (SSSR count). The second-order valence-corrected chi connectivity index (χ2v) is 6.49. The molecule has 1 aromatic heterocycles. The molecule has 0 radical (unpaired) electrons. The minimum Gasteiger partial charge on any atom is -0.347 e. The van der Waals surface area contributed by atoms with Gasteiger partial charge < -0.3 is 10.2 Å². The summed E-state index contributed by atoms with van der Waals surface area (Å²) in [6.07, 6.45) is 1.49. The number of para-hydroxylation sites is 1. The number of hydrogen-bond donors (Lipinski definition) is 1. The summed E-state index contributed by atoms with van der Waals surface area (Å²) in [6, 6.07) is 20.6. The predicted molar refractivity (Wildman–Crippen MR) is 110 cm³/mol. The third kappa shape index (κ3) is 4.62. The molecule has 2 amide bonds.